The number of aryl methyl sites for hydroxylation is 1. The predicted octanol–water partition coefficient (Wildman–Crippen LogP) is 1.87. The summed E-state index contributed by atoms with van der Waals surface area (Å²) in [5, 5.41) is 14.4. The number of benzene rings is 1. The third-order valence-electron chi connectivity index (χ3n) is 2.42. The zero-order chi connectivity index (χ0) is 13.1. The minimum Gasteiger partial charge on any atom is -0.508 e. The number of anilines is 1. The first-order valence-corrected chi connectivity index (χ1v) is 6.23. The molecule has 0 unspecified atom stereocenters. The molecular formula is C12H13N3O2S. The molecule has 2 rings (SSSR count). The maximum absolute atomic E-state index is 11.9. The fourth-order valence-corrected chi connectivity index (χ4v) is 2.14. The van der Waals surface area contributed by atoms with Crippen molar-refractivity contribution in [2.75, 3.05) is 5.32 Å². The molecule has 0 aliphatic carbocycles. The zero-order valence-corrected chi connectivity index (χ0v) is 10.6. The molecule has 1 heterocycles. The molecule has 1 amide bonds. The molecule has 0 fully saturated rings. The molecule has 1 aromatic heterocycles. The molecule has 94 valence electrons. The van der Waals surface area contributed by atoms with Gasteiger partial charge in [-0.15, -0.1) is 11.3 Å². The predicted molar refractivity (Wildman–Crippen MR) is 70.8 cm³/mol. The maximum atomic E-state index is 11.9. The highest BCUT2D eigenvalue weighted by molar-refractivity contribution is 7.09. The van der Waals surface area contributed by atoms with Gasteiger partial charge in [0.2, 0.25) is 0 Å². The molecule has 0 radical (unpaired) electrons. The number of aromatic hydroxyl groups is 1. The van der Waals surface area contributed by atoms with Crippen LogP contribution in [0.1, 0.15) is 21.1 Å². The maximum Gasteiger partial charge on any atom is 0.275 e. The van der Waals surface area contributed by atoms with Gasteiger partial charge in [-0.1, -0.05) is 0 Å². The quantitative estimate of drug-likeness (QED) is 0.738. The van der Waals surface area contributed by atoms with Gasteiger partial charge in [0, 0.05) is 17.6 Å². The Morgan fingerprint density at radius 2 is 2.33 bits per heavy atom. The molecule has 5 nitrogen and oxygen atoms in total. The second kappa shape index (κ2) is 5.16. The average molecular weight is 263 g/mol. The number of phenols is 1. The Balaban J connectivity index is 2.16. The number of carbonyl (C=O) groups excluding carboxylic acids is 1. The lowest BCUT2D eigenvalue weighted by atomic mass is 10.2. The number of thiazole rings is 1. The van der Waals surface area contributed by atoms with E-state index in [0.717, 1.165) is 10.6 Å². The zero-order valence-electron chi connectivity index (χ0n) is 9.80. The van der Waals surface area contributed by atoms with Crippen molar-refractivity contribution in [2.45, 2.75) is 13.5 Å². The van der Waals surface area contributed by atoms with E-state index in [2.05, 4.69) is 10.3 Å². The lowest BCUT2D eigenvalue weighted by Crippen LogP contribution is -2.13. The minimum atomic E-state index is -0.278. The molecule has 6 heteroatoms. The van der Waals surface area contributed by atoms with Gasteiger partial charge in [0.1, 0.15) is 16.5 Å². The average Bonchev–Trinajstić information content (AvgIpc) is 2.81. The van der Waals surface area contributed by atoms with Crippen LogP contribution in [0.4, 0.5) is 5.69 Å². The molecule has 0 saturated carbocycles. The molecule has 0 saturated heterocycles. The summed E-state index contributed by atoms with van der Waals surface area (Å²) in [6, 6.07) is 4.76. The normalized spacial score (nSPS) is 10.3. The van der Waals surface area contributed by atoms with Gasteiger partial charge in [-0.05, 0) is 30.7 Å². The highest BCUT2D eigenvalue weighted by Crippen LogP contribution is 2.21. The first-order valence-electron chi connectivity index (χ1n) is 5.35. The van der Waals surface area contributed by atoms with Gasteiger partial charge in [-0.2, -0.15) is 0 Å². The minimum absolute atomic E-state index is 0.171. The van der Waals surface area contributed by atoms with E-state index in [1.54, 1.807) is 17.5 Å². The Hall–Kier alpha value is -1.92. The van der Waals surface area contributed by atoms with Crippen LogP contribution in [0, 0.1) is 6.92 Å². The molecule has 2 aromatic rings. The van der Waals surface area contributed by atoms with Crippen molar-refractivity contribution in [3.8, 4) is 5.75 Å². The first-order chi connectivity index (χ1) is 8.60. The van der Waals surface area contributed by atoms with E-state index in [-0.39, 0.29) is 11.7 Å². The van der Waals surface area contributed by atoms with E-state index in [0.29, 0.717) is 17.9 Å². The number of amides is 1. The Morgan fingerprint density at radius 3 is 2.94 bits per heavy atom. The summed E-state index contributed by atoms with van der Waals surface area (Å²) < 4.78 is 0. The summed E-state index contributed by atoms with van der Waals surface area (Å²) in [6.07, 6.45) is 0. The van der Waals surface area contributed by atoms with E-state index in [4.69, 9.17) is 5.73 Å². The number of nitrogens with zero attached hydrogens (tertiary/aromatic N) is 1. The SMILES string of the molecule is Cc1cc(O)ccc1NC(=O)c1csc(CN)n1. The van der Waals surface area contributed by atoms with Gasteiger partial charge in [0.05, 0.1) is 0 Å². The fourth-order valence-electron chi connectivity index (χ4n) is 1.48. The lowest BCUT2D eigenvalue weighted by molar-refractivity contribution is 0.102. The number of nitrogens with one attached hydrogen (secondary N) is 1. The van der Waals surface area contributed by atoms with Gasteiger partial charge in [-0.3, -0.25) is 4.79 Å². The largest absolute Gasteiger partial charge is 0.508 e. The third-order valence-corrected chi connectivity index (χ3v) is 3.29. The number of hydrogen-bond donors (Lipinski definition) is 3. The molecule has 0 aliphatic heterocycles. The van der Waals surface area contributed by atoms with Crippen molar-refractivity contribution < 1.29 is 9.90 Å². The van der Waals surface area contributed by atoms with E-state index in [1.165, 1.54) is 17.4 Å². The standard InChI is InChI=1S/C12H13N3O2S/c1-7-4-8(16)2-3-9(7)15-12(17)10-6-18-11(5-13)14-10/h2-4,6,16H,5,13H2,1H3,(H,15,17). The first kappa shape index (κ1) is 12.5. The van der Waals surface area contributed by atoms with E-state index >= 15 is 0 Å². The highest BCUT2D eigenvalue weighted by atomic mass is 32.1. The molecule has 0 aliphatic rings. The molecule has 18 heavy (non-hydrogen) atoms. The summed E-state index contributed by atoms with van der Waals surface area (Å²) in [6.45, 7) is 2.14. The summed E-state index contributed by atoms with van der Waals surface area (Å²) >= 11 is 1.36. The topological polar surface area (TPSA) is 88.2 Å². The van der Waals surface area contributed by atoms with Crippen molar-refractivity contribution in [2.24, 2.45) is 5.73 Å². The Kier molecular flexibility index (Phi) is 3.59. The van der Waals surface area contributed by atoms with Crippen LogP contribution in [0.3, 0.4) is 0 Å². The Morgan fingerprint density at radius 1 is 1.56 bits per heavy atom. The van der Waals surface area contributed by atoms with Crippen LogP contribution in [-0.4, -0.2) is 16.0 Å². The van der Waals surface area contributed by atoms with Crippen LogP contribution in [0.25, 0.3) is 0 Å². The van der Waals surface area contributed by atoms with Crippen molar-refractivity contribution in [1.82, 2.24) is 4.98 Å². The molecule has 0 atom stereocenters. The lowest BCUT2D eigenvalue weighted by Gasteiger charge is -2.07. The monoisotopic (exact) mass is 263 g/mol. The summed E-state index contributed by atoms with van der Waals surface area (Å²) in [7, 11) is 0. The second-order valence-electron chi connectivity index (χ2n) is 3.78. The fraction of sp³-hybridized carbons (Fsp3) is 0.167. The third kappa shape index (κ3) is 2.66. The van der Waals surface area contributed by atoms with Crippen molar-refractivity contribution in [1.29, 1.82) is 0 Å². The number of aromatic nitrogens is 1. The van der Waals surface area contributed by atoms with Crippen LogP contribution in [0.15, 0.2) is 23.6 Å². The number of hydrogen-bond acceptors (Lipinski definition) is 5. The van der Waals surface area contributed by atoms with Gasteiger partial charge in [0.15, 0.2) is 0 Å². The molecular weight excluding hydrogens is 250 g/mol. The smallest absolute Gasteiger partial charge is 0.275 e. The van der Waals surface area contributed by atoms with Gasteiger partial charge >= 0.3 is 0 Å². The molecule has 1 aromatic carbocycles. The van der Waals surface area contributed by atoms with E-state index in [9.17, 15) is 9.90 Å². The van der Waals surface area contributed by atoms with Crippen LogP contribution in [0.2, 0.25) is 0 Å². The molecule has 4 N–H and O–H groups in total. The van der Waals surface area contributed by atoms with Crippen molar-refractivity contribution in [3.05, 3.63) is 39.8 Å². The van der Waals surface area contributed by atoms with Crippen molar-refractivity contribution in [3.63, 3.8) is 0 Å². The summed E-state index contributed by atoms with van der Waals surface area (Å²) in [4.78, 5) is 16.0. The van der Waals surface area contributed by atoms with Crippen LogP contribution >= 0.6 is 11.3 Å². The number of phenolic OH excluding ortho intramolecular Hbond substituents is 1. The van der Waals surface area contributed by atoms with Crippen molar-refractivity contribution >= 4 is 22.9 Å². The molecule has 0 bridgehead atoms. The van der Waals surface area contributed by atoms with E-state index in [1.807, 2.05) is 6.92 Å². The second-order valence-corrected chi connectivity index (χ2v) is 4.73. The van der Waals surface area contributed by atoms with Gasteiger partial charge in [-0.25, -0.2) is 4.98 Å². The van der Waals surface area contributed by atoms with Crippen LogP contribution < -0.4 is 11.1 Å². The summed E-state index contributed by atoms with van der Waals surface area (Å²) in [5.41, 5.74) is 7.24. The number of carbonyl (C=O) groups is 1. The Bertz CT molecular complexity index is 580. The van der Waals surface area contributed by atoms with Gasteiger partial charge < -0.3 is 16.2 Å². The Labute approximate surface area is 108 Å². The number of nitrogens with two attached hydrogens (primary N) is 1. The highest BCUT2D eigenvalue weighted by Gasteiger charge is 2.11. The molecule has 0 spiro atoms. The summed E-state index contributed by atoms with van der Waals surface area (Å²) in [5.74, 6) is -0.107. The van der Waals surface area contributed by atoms with Gasteiger partial charge in [0.25, 0.3) is 5.91 Å². The van der Waals surface area contributed by atoms with Crippen LogP contribution in [-0.2, 0) is 6.54 Å². The van der Waals surface area contributed by atoms with E-state index < -0.39 is 0 Å². The van der Waals surface area contributed by atoms with Crippen LogP contribution in [0.5, 0.6) is 5.75 Å². The number of rotatable bonds is 3.